The second kappa shape index (κ2) is 6.02. The summed E-state index contributed by atoms with van der Waals surface area (Å²) in [5.41, 5.74) is 5.35. The molecule has 2 unspecified atom stereocenters. The average Bonchev–Trinajstić information content (AvgIpc) is 2.41. The number of benzene rings is 1. The van der Waals surface area contributed by atoms with E-state index in [9.17, 15) is 8.42 Å². The van der Waals surface area contributed by atoms with E-state index in [0.29, 0.717) is 11.6 Å². The third kappa shape index (κ3) is 3.17. The van der Waals surface area contributed by atoms with Gasteiger partial charge in [-0.05, 0) is 37.0 Å². The molecule has 0 heterocycles. The molecule has 1 fully saturated rings. The predicted molar refractivity (Wildman–Crippen MR) is 81.2 cm³/mol. The lowest BCUT2D eigenvalue weighted by Gasteiger charge is -2.42. The Morgan fingerprint density at radius 1 is 1.45 bits per heavy atom. The second-order valence-corrected chi connectivity index (χ2v) is 7.69. The van der Waals surface area contributed by atoms with Crippen LogP contribution in [0.2, 0.25) is 5.02 Å². The maximum Gasteiger partial charge on any atom is 0.241 e. The second-order valence-electron chi connectivity index (χ2n) is 5.57. The first-order chi connectivity index (χ1) is 9.39. The Morgan fingerprint density at radius 3 is 2.80 bits per heavy atom. The van der Waals surface area contributed by atoms with Gasteiger partial charge in [-0.15, -0.1) is 0 Å². The zero-order valence-corrected chi connectivity index (χ0v) is 13.2. The van der Waals surface area contributed by atoms with Gasteiger partial charge in [0.1, 0.15) is 0 Å². The monoisotopic (exact) mass is 316 g/mol. The van der Waals surface area contributed by atoms with Gasteiger partial charge in [0.15, 0.2) is 0 Å². The molecule has 112 valence electrons. The minimum atomic E-state index is -3.60. The minimum Gasteiger partial charge on any atom is -0.329 e. The maximum absolute atomic E-state index is 12.5. The van der Waals surface area contributed by atoms with Gasteiger partial charge in [-0.1, -0.05) is 37.4 Å². The van der Waals surface area contributed by atoms with Crippen LogP contribution in [0.3, 0.4) is 0 Å². The van der Waals surface area contributed by atoms with Crippen molar-refractivity contribution in [1.29, 1.82) is 0 Å². The molecule has 0 aromatic heterocycles. The number of rotatable bonds is 4. The van der Waals surface area contributed by atoms with Gasteiger partial charge in [0, 0.05) is 17.1 Å². The highest BCUT2D eigenvalue weighted by Crippen LogP contribution is 2.34. The Kier molecular flexibility index (Phi) is 4.74. The van der Waals surface area contributed by atoms with E-state index in [1.807, 2.05) is 0 Å². The van der Waals surface area contributed by atoms with Crippen LogP contribution >= 0.6 is 11.6 Å². The number of hydrogen-bond acceptors (Lipinski definition) is 3. The summed E-state index contributed by atoms with van der Waals surface area (Å²) in [7, 11) is -3.60. The molecule has 4 nitrogen and oxygen atoms in total. The van der Waals surface area contributed by atoms with Crippen molar-refractivity contribution in [1.82, 2.24) is 4.72 Å². The normalized spacial score (nSPS) is 27.4. The predicted octanol–water partition coefficient (Wildman–Crippen LogP) is 2.53. The fraction of sp³-hybridized carbons (Fsp3) is 0.571. The molecule has 1 aliphatic rings. The molecule has 1 saturated carbocycles. The first-order valence-corrected chi connectivity index (χ1v) is 8.75. The number of nitrogens with one attached hydrogen (secondary N) is 1. The van der Waals surface area contributed by atoms with E-state index in [0.717, 1.165) is 25.7 Å². The summed E-state index contributed by atoms with van der Waals surface area (Å²) in [4.78, 5) is 0.190. The van der Waals surface area contributed by atoms with Gasteiger partial charge in [0.2, 0.25) is 10.0 Å². The zero-order chi connectivity index (χ0) is 14.8. The molecular weight excluding hydrogens is 296 g/mol. The molecule has 0 spiro atoms. The molecule has 0 aliphatic heterocycles. The van der Waals surface area contributed by atoms with E-state index in [2.05, 4.69) is 11.6 Å². The molecule has 2 atom stereocenters. The summed E-state index contributed by atoms with van der Waals surface area (Å²) in [5.74, 6) is 0.232. The number of nitrogens with two attached hydrogens (primary N) is 1. The Hall–Kier alpha value is -0.620. The van der Waals surface area contributed by atoms with Crippen LogP contribution in [0.1, 0.15) is 32.6 Å². The third-order valence-electron chi connectivity index (χ3n) is 4.26. The lowest BCUT2D eigenvalue weighted by Crippen LogP contribution is -2.58. The Labute approximate surface area is 125 Å². The van der Waals surface area contributed by atoms with Crippen LogP contribution in [0.15, 0.2) is 29.2 Å². The van der Waals surface area contributed by atoms with Crippen molar-refractivity contribution in [3.05, 3.63) is 29.3 Å². The molecule has 6 heteroatoms. The van der Waals surface area contributed by atoms with Crippen molar-refractivity contribution in [2.24, 2.45) is 11.7 Å². The van der Waals surface area contributed by atoms with Gasteiger partial charge in [-0.3, -0.25) is 0 Å². The van der Waals surface area contributed by atoms with Gasteiger partial charge < -0.3 is 5.73 Å². The van der Waals surface area contributed by atoms with Crippen molar-refractivity contribution < 1.29 is 8.42 Å². The van der Waals surface area contributed by atoms with Crippen LogP contribution in [-0.2, 0) is 10.0 Å². The molecule has 0 amide bonds. The van der Waals surface area contributed by atoms with Gasteiger partial charge in [-0.25, -0.2) is 13.1 Å². The molecular formula is C14H21ClN2O2S. The van der Waals surface area contributed by atoms with Crippen molar-refractivity contribution in [2.45, 2.75) is 43.0 Å². The van der Waals surface area contributed by atoms with Crippen molar-refractivity contribution >= 4 is 21.6 Å². The van der Waals surface area contributed by atoms with E-state index in [-0.39, 0.29) is 10.8 Å². The SMILES string of the molecule is CC1CCCCC1(CN)NS(=O)(=O)c1cccc(Cl)c1. The van der Waals surface area contributed by atoms with E-state index in [4.69, 9.17) is 17.3 Å². The quantitative estimate of drug-likeness (QED) is 0.896. The summed E-state index contributed by atoms with van der Waals surface area (Å²) in [6.07, 6.45) is 3.90. The summed E-state index contributed by atoms with van der Waals surface area (Å²) in [6.45, 7) is 2.38. The highest BCUT2D eigenvalue weighted by molar-refractivity contribution is 7.89. The number of halogens is 1. The average molecular weight is 317 g/mol. The summed E-state index contributed by atoms with van der Waals surface area (Å²) in [6, 6.07) is 6.30. The smallest absolute Gasteiger partial charge is 0.241 e. The molecule has 0 radical (unpaired) electrons. The summed E-state index contributed by atoms with van der Waals surface area (Å²) < 4.78 is 27.9. The molecule has 1 aromatic carbocycles. The molecule has 2 rings (SSSR count). The molecule has 0 bridgehead atoms. The number of sulfonamides is 1. The van der Waals surface area contributed by atoms with Crippen molar-refractivity contribution in [3.8, 4) is 0 Å². The largest absolute Gasteiger partial charge is 0.329 e. The molecule has 3 N–H and O–H groups in total. The Bertz CT molecular complexity index is 576. The fourth-order valence-corrected chi connectivity index (χ4v) is 4.71. The van der Waals surface area contributed by atoms with E-state index < -0.39 is 15.6 Å². The summed E-state index contributed by atoms with van der Waals surface area (Å²) in [5, 5.41) is 0.409. The Balaban J connectivity index is 2.30. The fourth-order valence-electron chi connectivity index (χ4n) is 2.87. The van der Waals surface area contributed by atoms with Crippen LogP contribution < -0.4 is 10.5 Å². The van der Waals surface area contributed by atoms with Crippen molar-refractivity contribution in [2.75, 3.05) is 6.54 Å². The van der Waals surface area contributed by atoms with Crippen LogP contribution in [0.5, 0.6) is 0 Å². The minimum absolute atomic E-state index is 0.190. The van der Waals surface area contributed by atoms with Crippen molar-refractivity contribution in [3.63, 3.8) is 0 Å². The van der Waals surface area contributed by atoms with Gasteiger partial charge >= 0.3 is 0 Å². The van der Waals surface area contributed by atoms with Gasteiger partial charge in [0.25, 0.3) is 0 Å². The van der Waals surface area contributed by atoms with Crippen LogP contribution in [0.4, 0.5) is 0 Å². The van der Waals surface area contributed by atoms with Crippen LogP contribution in [0, 0.1) is 5.92 Å². The lowest BCUT2D eigenvalue weighted by atomic mass is 9.74. The van der Waals surface area contributed by atoms with Crippen LogP contribution in [0.25, 0.3) is 0 Å². The third-order valence-corrected chi connectivity index (χ3v) is 6.05. The molecule has 1 aliphatic carbocycles. The highest BCUT2D eigenvalue weighted by Gasteiger charge is 2.40. The maximum atomic E-state index is 12.5. The van der Waals surface area contributed by atoms with E-state index in [1.54, 1.807) is 18.2 Å². The van der Waals surface area contributed by atoms with Crippen LogP contribution in [-0.4, -0.2) is 20.5 Å². The topological polar surface area (TPSA) is 72.2 Å². The van der Waals surface area contributed by atoms with E-state index >= 15 is 0 Å². The molecule has 0 saturated heterocycles. The van der Waals surface area contributed by atoms with Gasteiger partial charge in [-0.2, -0.15) is 0 Å². The lowest BCUT2D eigenvalue weighted by molar-refractivity contribution is 0.191. The first-order valence-electron chi connectivity index (χ1n) is 6.89. The van der Waals surface area contributed by atoms with E-state index in [1.165, 1.54) is 6.07 Å². The molecule has 20 heavy (non-hydrogen) atoms. The Morgan fingerprint density at radius 2 is 2.20 bits per heavy atom. The highest BCUT2D eigenvalue weighted by atomic mass is 35.5. The first kappa shape index (κ1) is 15.8. The number of hydrogen-bond donors (Lipinski definition) is 2. The summed E-state index contributed by atoms with van der Waals surface area (Å²) >= 11 is 5.87. The molecule has 1 aromatic rings. The van der Waals surface area contributed by atoms with Gasteiger partial charge in [0.05, 0.1) is 4.90 Å². The zero-order valence-electron chi connectivity index (χ0n) is 11.6. The standard InChI is InChI=1S/C14H21ClN2O2S/c1-11-5-2-3-8-14(11,10-16)17-20(18,19)13-7-4-6-12(15)9-13/h4,6-7,9,11,17H,2-3,5,8,10,16H2,1H3.